The van der Waals surface area contributed by atoms with E-state index >= 15 is 0 Å². The molecule has 0 bridgehead atoms. The third kappa shape index (κ3) is 2.01. The maximum absolute atomic E-state index is 10.8. The predicted molar refractivity (Wildman–Crippen MR) is 75.4 cm³/mol. The fourth-order valence-electron chi connectivity index (χ4n) is 2.00. The number of anilines is 1. The molecule has 0 N–H and O–H groups in total. The lowest BCUT2D eigenvalue weighted by Gasteiger charge is -2.11. The second-order valence-corrected chi connectivity index (χ2v) is 4.50. The molecule has 0 radical (unpaired) electrons. The highest BCUT2D eigenvalue weighted by atomic mass is 16.1. The zero-order chi connectivity index (χ0) is 14.1. The topological polar surface area (TPSA) is 63.4 Å². The average Bonchev–Trinajstić information content (AvgIpc) is 2.87. The highest BCUT2D eigenvalue weighted by Crippen LogP contribution is 2.22. The molecule has 20 heavy (non-hydrogen) atoms. The Morgan fingerprint density at radius 2 is 2.05 bits per heavy atom. The number of fused-ring (bicyclic) bond motifs is 1. The van der Waals surface area contributed by atoms with Crippen LogP contribution in [0, 0.1) is 6.92 Å². The number of benzene rings is 1. The highest BCUT2D eigenvalue weighted by Gasteiger charge is 2.07. The van der Waals surface area contributed by atoms with Crippen LogP contribution in [0.25, 0.3) is 16.9 Å². The molecule has 2 aromatic heterocycles. The minimum Gasteiger partial charge on any atom is -0.318 e. The van der Waals surface area contributed by atoms with Crippen molar-refractivity contribution in [2.45, 2.75) is 6.92 Å². The Hall–Kier alpha value is -2.76. The molecule has 0 fully saturated rings. The van der Waals surface area contributed by atoms with Gasteiger partial charge in [-0.15, -0.1) is 10.2 Å². The molecule has 1 amide bonds. The largest absolute Gasteiger partial charge is 0.318 e. The molecule has 0 atom stereocenters. The monoisotopic (exact) mass is 267 g/mol. The van der Waals surface area contributed by atoms with Crippen molar-refractivity contribution in [1.29, 1.82) is 0 Å². The van der Waals surface area contributed by atoms with Crippen LogP contribution >= 0.6 is 0 Å². The number of hydrogen-bond acceptors (Lipinski definition) is 4. The quantitative estimate of drug-likeness (QED) is 0.677. The Bertz CT molecular complexity index is 780. The Balaban J connectivity index is 2.10. The molecule has 100 valence electrons. The van der Waals surface area contributed by atoms with E-state index in [4.69, 9.17) is 0 Å². The van der Waals surface area contributed by atoms with Gasteiger partial charge in [0.2, 0.25) is 6.41 Å². The van der Waals surface area contributed by atoms with E-state index in [1.165, 1.54) is 4.90 Å². The van der Waals surface area contributed by atoms with Gasteiger partial charge in [0.1, 0.15) is 0 Å². The maximum atomic E-state index is 10.8. The molecule has 2 heterocycles. The molecule has 0 aliphatic rings. The van der Waals surface area contributed by atoms with Gasteiger partial charge in [0.15, 0.2) is 11.5 Å². The van der Waals surface area contributed by atoms with E-state index in [0.29, 0.717) is 5.65 Å². The molecule has 3 rings (SSSR count). The van der Waals surface area contributed by atoms with Crippen molar-refractivity contribution in [1.82, 2.24) is 19.8 Å². The molecule has 0 aliphatic carbocycles. The van der Waals surface area contributed by atoms with Crippen molar-refractivity contribution < 1.29 is 4.79 Å². The van der Waals surface area contributed by atoms with Crippen LogP contribution in [0.2, 0.25) is 0 Å². The first-order valence-corrected chi connectivity index (χ1v) is 6.16. The summed E-state index contributed by atoms with van der Waals surface area (Å²) in [6.07, 6.45) is 0.777. The number of aryl methyl sites for hydroxylation is 1. The van der Waals surface area contributed by atoms with Crippen molar-refractivity contribution in [2.24, 2.45) is 0 Å². The minimum atomic E-state index is 0.715. The van der Waals surface area contributed by atoms with Gasteiger partial charge < -0.3 is 4.90 Å². The van der Waals surface area contributed by atoms with Crippen molar-refractivity contribution >= 4 is 17.7 Å². The lowest BCUT2D eigenvalue weighted by molar-refractivity contribution is -0.107. The van der Waals surface area contributed by atoms with Gasteiger partial charge in [0.25, 0.3) is 0 Å². The van der Waals surface area contributed by atoms with Crippen LogP contribution in [-0.2, 0) is 4.79 Å². The molecule has 0 saturated heterocycles. The fraction of sp³-hybridized carbons (Fsp3) is 0.143. The van der Waals surface area contributed by atoms with Gasteiger partial charge >= 0.3 is 0 Å². The number of rotatable bonds is 3. The van der Waals surface area contributed by atoms with Crippen molar-refractivity contribution in [2.75, 3.05) is 11.9 Å². The van der Waals surface area contributed by atoms with Gasteiger partial charge in [-0.05, 0) is 31.2 Å². The third-order valence-electron chi connectivity index (χ3n) is 3.13. The van der Waals surface area contributed by atoms with Gasteiger partial charge in [0.05, 0.1) is 5.69 Å². The first-order valence-electron chi connectivity index (χ1n) is 6.16. The Kier molecular flexibility index (Phi) is 2.90. The number of nitrogens with zero attached hydrogens (tertiary/aromatic N) is 5. The number of aromatic nitrogens is 4. The Morgan fingerprint density at radius 1 is 1.20 bits per heavy atom. The molecule has 0 spiro atoms. The molecule has 0 aliphatic heterocycles. The summed E-state index contributed by atoms with van der Waals surface area (Å²) in [4.78, 5) is 12.3. The van der Waals surface area contributed by atoms with Crippen molar-refractivity contribution in [3.63, 3.8) is 0 Å². The van der Waals surface area contributed by atoms with Crippen molar-refractivity contribution in [3.8, 4) is 11.3 Å². The zero-order valence-corrected chi connectivity index (χ0v) is 11.2. The number of carbonyl (C=O) groups is 1. The lowest BCUT2D eigenvalue weighted by Crippen LogP contribution is -2.13. The van der Waals surface area contributed by atoms with Crippen LogP contribution < -0.4 is 4.90 Å². The van der Waals surface area contributed by atoms with Gasteiger partial charge in [-0.2, -0.15) is 9.61 Å². The molecule has 1 aromatic carbocycles. The zero-order valence-electron chi connectivity index (χ0n) is 11.2. The first-order chi connectivity index (χ1) is 9.69. The highest BCUT2D eigenvalue weighted by molar-refractivity contribution is 5.77. The van der Waals surface area contributed by atoms with E-state index in [1.54, 1.807) is 11.6 Å². The standard InChI is InChI=1S/C14H13N5O/c1-10-15-16-14-7-6-13(17-19(10)14)11-4-3-5-12(8-11)18(2)9-20/h3-9H,1-2H3. The lowest BCUT2D eigenvalue weighted by atomic mass is 10.1. The summed E-state index contributed by atoms with van der Waals surface area (Å²) < 4.78 is 1.70. The summed E-state index contributed by atoms with van der Waals surface area (Å²) >= 11 is 0. The summed E-state index contributed by atoms with van der Waals surface area (Å²) in [5.74, 6) is 0.739. The second-order valence-electron chi connectivity index (χ2n) is 4.50. The van der Waals surface area contributed by atoms with E-state index in [1.807, 2.05) is 43.3 Å². The summed E-state index contributed by atoms with van der Waals surface area (Å²) in [6, 6.07) is 11.4. The summed E-state index contributed by atoms with van der Waals surface area (Å²) in [6.45, 7) is 1.85. The number of amides is 1. The minimum absolute atomic E-state index is 0.715. The Labute approximate surface area is 115 Å². The smallest absolute Gasteiger partial charge is 0.213 e. The van der Waals surface area contributed by atoms with E-state index < -0.39 is 0 Å². The third-order valence-corrected chi connectivity index (χ3v) is 3.13. The van der Waals surface area contributed by atoms with Gasteiger partial charge in [-0.25, -0.2) is 0 Å². The van der Waals surface area contributed by atoms with E-state index in [2.05, 4.69) is 15.3 Å². The van der Waals surface area contributed by atoms with E-state index in [-0.39, 0.29) is 0 Å². The van der Waals surface area contributed by atoms with Crippen LogP contribution in [0.5, 0.6) is 0 Å². The second kappa shape index (κ2) is 4.73. The average molecular weight is 267 g/mol. The fourth-order valence-corrected chi connectivity index (χ4v) is 2.00. The SMILES string of the molecule is Cc1nnc2ccc(-c3cccc(N(C)C=O)c3)nn12. The molecule has 6 nitrogen and oxygen atoms in total. The number of carbonyl (C=O) groups excluding carboxylic acids is 1. The molecule has 3 aromatic rings. The van der Waals surface area contributed by atoms with Crippen molar-refractivity contribution in [3.05, 3.63) is 42.2 Å². The van der Waals surface area contributed by atoms with Crippen LogP contribution in [0.1, 0.15) is 5.82 Å². The van der Waals surface area contributed by atoms with Crippen LogP contribution in [-0.4, -0.2) is 33.3 Å². The molecular formula is C14H13N5O. The van der Waals surface area contributed by atoms with Gasteiger partial charge in [0, 0.05) is 18.3 Å². The molecule has 6 heteroatoms. The molecular weight excluding hydrogens is 254 g/mol. The maximum Gasteiger partial charge on any atom is 0.213 e. The van der Waals surface area contributed by atoms with Crippen LogP contribution in [0.3, 0.4) is 0 Å². The van der Waals surface area contributed by atoms with Crippen LogP contribution in [0.4, 0.5) is 5.69 Å². The number of hydrogen-bond donors (Lipinski definition) is 0. The molecule has 0 saturated carbocycles. The van der Waals surface area contributed by atoms with Crippen LogP contribution in [0.15, 0.2) is 36.4 Å². The summed E-state index contributed by atoms with van der Waals surface area (Å²) in [5, 5.41) is 12.5. The van der Waals surface area contributed by atoms with Gasteiger partial charge in [-0.1, -0.05) is 12.1 Å². The Morgan fingerprint density at radius 3 is 2.85 bits per heavy atom. The first kappa shape index (κ1) is 12.3. The summed E-state index contributed by atoms with van der Waals surface area (Å²) in [7, 11) is 1.71. The van der Waals surface area contributed by atoms with E-state index in [0.717, 1.165) is 29.2 Å². The molecule has 0 unspecified atom stereocenters. The van der Waals surface area contributed by atoms with E-state index in [9.17, 15) is 4.79 Å². The normalized spacial score (nSPS) is 10.7. The predicted octanol–water partition coefficient (Wildman–Crippen LogP) is 1.69. The van der Waals surface area contributed by atoms with Gasteiger partial charge in [-0.3, -0.25) is 4.79 Å². The summed E-state index contributed by atoms with van der Waals surface area (Å²) in [5.41, 5.74) is 3.28.